The third-order valence-electron chi connectivity index (χ3n) is 3.82. The second kappa shape index (κ2) is 9.49. The van der Waals surface area contributed by atoms with Gasteiger partial charge in [0, 0.05) is 12.3 Å². The number of hydrogen-bond acceptors (Lipinski definition) is 10. The molecule has 31 heavy (non-hydrogen) atoms. The number of carbonyl (C=O) groups is 1. The molecule has 0 aromatic carbocycles. The SMILES string of the molecule is C=C1NC(=O)C=CN1[C@@H]1O[C@](CCl)(COP(=O)(O)OP(=O)(O)OP(=O)(O)O)[C@@H](O)[C@H]1Cl. The number of phosphoric acid groups is 3. The summed E-state index contributed by atoms with van der Waals surface area (Å²) < 4.78 is 51.3. The Morgan fingerprint density at radius 3 is 2.35 bits per heavy atom. The van der Waals surface area contributed by atoms with Crippen molar-refractivity contribution in [3.05, 3.63) is 24.7 Å². The second-order valence-corrected chi connectivity index (χ2v) is 11.3. The molecule has 0 saturated carbocycles. The van der Waals surface area contributed by atoms with Gasteiger partial charge in [-0.3, -0.25) is 9.32 Å². The molecule has 15 nitrogen and oxygen atoms in total. The van der Waals surface area contributed by atoms with Gasteiger partial charge < -0.3 is 39.6 Å². The van der Waals surface area contributed by atoms with E-state index in [1.165, 1.54) is 11.1 Å². The fraction of sp³-hybridized carbons (Fsp3) is 0.545. The summed E-state index contributed by atoms with van der Waals surface area (Å²) in [6.07, 6.45) is -0.464. The van der Waals surface area contributed by atoms with Crippen LogP contribution in [0.15, 0.2) is 24.7 Å². The maximum Gasteiger partial charge on any atom is 0.490 e. The van der Waals surface area contributed by atoms with E-state index < -0.39 is 65.2 Å². The quantitative estimate of drug-likeness (QED) is 0.165. The van der Waals surface area contributed by atoms with Gasteiger partial charge in [0.25, 0.3) is 5.91 Å². The molecule has 0 aromatic heterocycles. The molecule has 0 bridgehead atoms. The van der Waals surface area contributed by atoms with Crippen molar-refractivity contribution in [2.45, 2.75) is 23.3 Å². The van der Waals surface area contributed by atoms with E-state index in [0.717, 1.165) is 6.08 Å². The molecule has 2 rings (SSSR count). The standard InChI is InChI=1S/C11H17Cl2N2O13P3/c1-6-14-7(16)2-3-15(6)10-8(13)9(17)11(4-12,26-10)5-25-30(21,22)28-31(23,24)27-29(18,19)20/h2-3,8-10,17H,1,4-5H2,(H,14,16)(H,21,22)(H,23,24)(H2,18,19,20)/t8-,9+,10-,11-/m1/s1. The summed E-state index contributed by atoms with van der Waals surface area (Å²) in [6, 6.07) is 0. The van der Waals surface area contributed by atoms with E-state index in [9.17, 15) is 33.4 Å². The van der Waals surface area contributed by atoms with Crippen LogP contribution in [0.2, 0.25) is 0 Å². The van der Waals surface area contributed by atoms with Gasteiger partial charge in [-0.2, -0.15) is 8.62 Å². The highest BCUT2D eigenvalue weighted by atomic mass is 35.5. The minimum atomic E-state index is -5.74. The lowest BCUT2D eigenvalue weighted by Crippen LogP contribution is -2.47. The molecule has 1 amide bonds. The van der Waals surface area contributed by atoms with Crippen LogP contribution in [0.4, 0.5) is 0 Å². The number of phosphoric ester groups is 1. The van der Waals surface area contributed by atoms with E-state index in [-0.39, 0.29) is 5.82 Å². The van der Waals surface area contributed by atoms with Gasteiger partial charge in [0.15, 0.2) is 6.23 Å². The van der Waals surface area contributed by atoms with Crippen molar-refractivity contribution in [3.8, 4) is 0 Å². The molecule has 6 atom stereocenters. The van der Waals surface area contributed by atoms with Crippen LogP contribution in [0.5, 0.6) is 0 Å². The molecule has 178 valence electrons. The summed E-state index contributed by atoms with van der Waals surface area (Å²) in [5.74, 6) is -1.02. The molecule has 1 saturated heterocycles. The van der Waals surface area contributed by atoms with Crippen molar-refractivity contribution in [3.63, 3.8) is 0 Å². The summed E-state index contributed by atoms with van der Waals surface area (Å²) in [5.41, 5.74) is -1.96. The number of aliphatic hydroxyl groups excluding tert-OH is 1. The predicted molar refractivity (Wildman–Crippen MR) is 102 cm³/mol. The fourth-order valence-electron chi connectivity index (χ4n) is 2.52. The second-order valence-electron chi connectivity index (χ2n) is 6.12. The largest absolute Gasteiger partial charge is 0.490 e. The highest BCUT2D eigenvalue weighted by molar-refractivity contribution is 7.66. The van der Waals surface area contributed by atoms with Gasteiger partial charge >= 0.3 is 23.5 Å². The summed E-state index contributed by atoms with van der Waals surface area (Å²) >= 11 is 12.0. The lowest BCUT2D eigenvalue weighted by atomic mass is 10.00. The van der Waals surface area contributed by atoms with Crippen molar-refractivity contribution in [2.24, 2.45) is 0 Å². The molecule has 1 fully saturated rings. The van der Waals surface area contributed by atoms with Crippen molar-refractivity contribution < 1.29 is 61.1 Å². The van der Waals surface area contributed by atoms with E-state index in [1.807, 2.05) is 0 Å². The number of nitrogens with one attached hydrogen (secondary N) is 1. The molecule has 2 heterocycles. The first kappa shape index (κ1) is 26.9. The molecule has 0 radical (unpaired) electrons. The highest BCUT2D eigenvalue weighted by Crippen LogP contribution is 2.66. The summed E-state index contributed by atoms with van der Waals surface area (Å²) in [5, 5.41) is 11.6. The number of ether oxygens (including phenoxy) is 1. The average Bonchev–Trinajstić information content (AvgIpc) is 2.82. The Balaban J connectivity index is 2.15. The molecule has 20 heteroatoms. The third-order valence-corrected chi connectivity index (χ3v) is 8.51. The average molecular weight is 549 g/mol. The summed E-state index contributed by atoms with van der Waals surface area (Å²) in [4.78, 5) is 48.4. The normalized spacial score (nSPS) is 33.1. The maximum atomic E-state index is 11.9. The first-order chi connectivity index (χ1) is 14.0. The number of amides is 1. The maximum absolute atomic E-state index is 11.9. The van der Waals surface area contributed by atoms with Gasteiger partial charge in [-0.25, -0.2) is 13.7 Å². The van der Waals surface area contributed by atoms with Crippen LogP contribution in [0.3, 0.4) is 0 Å². The van der Waals surface area contributed by atoms with Gasteiger partial charge in [-0.05, 0) is 0 Å². The topological polar surface area (TPSA) is 222 Å². The van der Waals surface area contributed by atoms with Gasteiger partial charge in [0.2, 0.25) is 0 Å². The number of aliphatic hydroxyl groups is 1. The molecule has 0 aromatic rings. The van der Waals surface area contributed by atoms with E-state index in [2.05, 4.69) is 25.0 Å². The summed E-state index contributed by atoms with van der Waals surface area (Å²) in [6.45, 7) is 2.57. The number of carbonyl (C=O) groups excluding carboxylic acids is 1. The Bertz CT molecular complexity index is 911. The molecule has 6 N–H and O–H groups in total. The van der Waals surface area contributed by atoms with Crippen LogP contribution in [0.25, 0.3) is 0 Å². The van der Waals surface area contributed by atoms with Crippen LogP contribution in [-0.2, 0) is 36.4 Å². The zero-order valence-corrected chi connectivity index (χ0v) is 19.3. The lowest BCUT2D eigenvalue weighted by Gasteiger charge is -2.34. The predicted octanol–water partition coefficient (Wildman–Crippen LogP) is 0.0486. The van der Waals surface area contributed by atoms with E-state index in [4.69, 9.17) is 37.7 Å². The first-order valence-electron chi connectivity index (χ1n) is 7.81. The van der Waals surface area contributed by atoms with E-state index >= 15 is 0 Å². The lowest BCUT2D eigenvalue weighted by molar-refractivity contribution is -0.124. The molecular formula is C11H17Cl2N2O13P3. The minimum Gasteiger partial charge on any atom is -0.388 e. The van der Waals surface area contributed by atoms with Gasteiger partial charge in [0.05, 0.1) is 12.5 Å². The van der Waals surface area contributed by atoms with Crippen molar-refractivity contribution in [1.29, 1.82) is 0 Å². The Hall–Kier alpha value is -0.340. The zero-order valence-electron chi connectivity index (χ0n) is 15.1. The number of nitrogens with zero attached hydrogens (tertiary/aromatic N) is 1. The van der Waals surface area contributed by atoms with Crippen molar-refractivity contribution >= 4 is 52.6 Å². The van der Waals surface area contributed by atoms with Gasteiger partial charge in [0.1, 0.15) is 22.9 Å². The van der Waals surface area contributed by atoms with Crippen molar-refractivity contribution in [1.82, 2.24) is 10.2 Å². The van der Waals surface area contributed by atoms with Crippen LogP contribution in [0, 0.1) is 0 Å². The van der Waals surface area contributed by atoms with E-state index in [0.29, 0.717) is 0 Å². The highest BCUT2D eigenvalue weighted by Gasteiger charge is 2.57. The van der Waals surface area contributed by atoms with Crippen LogP contribution in [0.1, 0.15) is 0 Å². The molecule has 0 spiro atoms. The molecular weight excluding hydrogens is 532 g/mol. The monoisotopic (exact) mass is 548 g/mol. The van der Waals surface area contributed by atoms with Crippen LogP contribution in [-0.4, -0.2) is 71.3 Å². The number of halogens is 2. The summed E-state index contributed by atoms with van der Waals surface area (Å²) in [7, 11) is -16.8. The Labute approximate surface area is 184 Å². The smallest absolute Gasteiger partial charge is 0.388 e. The molecule has 0 aliphatic carbocycles. The first-order valence-corrected chi connectivity index (χ1v) is 13.3. The van der Waals surface area contributed by atoms with Crippen LogP contribution < -0.4 is 5.32 Å². The Morgan fingerprint density at radius 1 is 1.23 bits per heavy atom. The Kier molecular flexibility index (Phi) is 8.24. The molecule has 2 unspecified atom stereocenters. The fourth-order valence-corrected chi connectivity index (χ4v) is 6.30. The van der Waals surface area contributed by atoms with Crippen molar-refractivity contribution in [2.75, 3.05) is 12.5 Å². The van der Waals surface area contributed by atoms with Gasteiger partial charge in [-0.15, -0.1) is 23.2 Å². The third kappa shape index (κ3) is 6.83. The zero-order chi connectivity index (χ0) is 23.8. The molecule has 2 aliphatic heterocycles. The number of alkyl halides is 2. The molecule has 2 aliphatic rings. The number of rotatable bonds is 9. The Morgan fingerprint density at radius 2 is 1.84 bits per heavy atom. The van der Waals surface area contributed by atoms with E-state index in [1.54, 1.807) is 0 Å². The number of hydrogen-bond donors (Lipinski definition) is 6. The van der Waals surface area contributed by atoms with Gasteiger partial charge in [-0.1, -0.05) is 6.58 Å². The van der Waals surface area contributed by atoms with Crippen LogP contribution >= 0.6 is 46.7 Å². The minimum absolute atomic E-state index is 0.0357.